The van der Waals surface area contributed by atoms with Crippen LogP contribution in [-0.4, -0.2) is 57.0 Å². The van der Waals surface area contributed by atoms with E-state index in [1.807, 2.05) is 93.5 Å². The largest absolute Gasteiger partial charge is 0.507 e. The summed E-state index contributed by atoms with van der Waals surface area (Å²) in [7, 11) is 0. The second-order valence-corrected chi connectivity index (χ2v) is 17.5. The highest BCUT2D eigenvalue weighted by Crippen LogP contribution is 2.42. The van der Waals surface area contributed by atoms with E-state index in [4.69, 9.17) is 32.7 Å². The minimum atomic E-state index is -0.515. The lowest BCUT2D eigenvalue weighted by atomic mass is 9.97. The number of allylic oxidation sites excluding steroid dienone is 6. The average Bonchev–Trinajstić information content (AvgIpc) is 3.14. The monoisotopic (exact) mass is 846 g/mol. The number of aliphatic hydroxyl groups excluding tert-OH is 1. The molecule has 0 saturated heterocycles. The molecule has 0 aliphatic rings. The van der Waals surface area contributed by atoms with E-state index in [9.17, 15) is 39.9 Å². The fourth-order valence-corrected chi connectivity index (χ4v) is 5.72. The molecule has 0 amide bonds. The number of halogens is 2. The number of carbonyl (C=O) groups excluding carboxylic acids is 3. The molecule has 0 aromatic heterocycles. The van der Waals surface area contributed by atoms with Gasteiger partial charge in [-0.15, -0.1) is 0 Å². The number of phenols is 4. The van der Waals surface area contributed by atoms with E-state index in [1.54, 1.807) is 13.8 Å². The third kappa shape index (κ3) is 15.8. The van der Waals surface area contributed by atoms with Crippen molar-refractivity contribution in [2.75, 3.05) is 13.2 Å². The number of hydrogen-bond donors (Lipinski definition) is 5. The minimum Gasteiger partial charge on any atom is -0.507 e. The lowest BCUT2D eigenvalue weighted by Gasteiger charge is -2.16. The Balaban J connectivity index is 0.000000580. The van der Waals surface area contributed by atoms with Crippen LogP contribution in [0, 0.1) is 24.7 Å². The fourth-order valence-electron chi connectivity index (χ4n) is 5.28. The van der Waals surface area contributed by atoms with Crippen molar-refractivity contribution in [2.24, 2.45) is 10.8 Å². The lowest BCUT2D eigenvalue weighted by Crippen LogP contribution is -2.23. The topological polar surface area (TPSA) is 171 Å². The molecular formula is C46H64Cl2O10. The van der Waals surface area contributed by atoms with Gasteiger partial charge in [-0.1, -0.05) is 58.7 Å². The van der Waals surface area contributed by atoms with Crippen LogP contribution < -0.4 is 0 Å². The second-order valence-electron chi connectivity index (χ2n) is 16.7. The van der Waals surface area contributed by atoms with Crippen LogP contribution in [0.4, 0.5) is 0 Å². The Kier molecular flexibility index (Phi) is 20.9. The third-order valence-electron chi connectivity index (χ3n) is 9.35. The molecule has 0 unspecified atom stereocenters. The maximum atomic E-state index is 11.8. The van der Waals surface area contributed by atoms with Gasteiger partial charge in [-0.2, -0.15) is 0 Å². The Morgan fingerprint density at radius 1 is 0.586 bits per heavy atom. The molecule has 2 rings (SSSR count). The lowest BCUT2D eigenvalue weighted by molar-refractivity contribution is -0.152. The molecule has 0 saturated carbocycles. The molecule has 58 heavy (non-hydrogen) atoms. The Bertz CT molecular complexity index is 1900. The molecule has 0 fully saturated rings. The van der Waals surface area contributed by atoms with Crippen LogP contribution in [0.25, 0.3) is 0 Å². The molecule has 0 aliphatic carbocycles. The number of hydrogen-bond acceptors (Lipinski definition) is 10. The molecule has 2 aromatic rings. The number of esters is 2. The number of phenolic OH excluding ortho intramolecular Hbond substituents is 3. The van der Waals surface area contributed by atoms with Gasteiger partial charge in [-0.3, -0.25) is 14.4 Å². The Labute approximate surface area is 354 Å². The van der Waals surface area contributed by atoms with Crippen molar-refractivity contribution < 1.29 is 49.4 Å². The molecule has 0 atom stereocenters. The summed E-state index contributed by atoms with van der Waals surface area (Å²) in [6.45, 7) is 22.1. The molecule has 0 radical (unpaired) electrons. The van der Waals surface area contributed by atoms with Crippen molar-refractivity contribution in [1.29, 1.82) is 0 Å². The summed E-state index contributed by atoms with van der Waals surface area (Å²) in [6.07, 6.45) is 12.1. The predicted octanol–water partition coefficient (Wildman–Crippen LogP) is 11.0. The maximum absolute atomic E-state index is 11.8. The van der Waals surface area contributed by atoms with Crippen LogP contribution in [0.15, 0.2) is 46.6 Å². The highest BCUT2D eigenvalue weighted by Gasteiger charge is 2.24. The number of rotatable bonds is 16. The normalized spacial score (nSPS) is 12.9. The molecule has 0 aliphatic heterocycles. The van der Waals surface area contributed by atoms with Gasteiger partial charge in [0.1, 0.15) is 36.2 Å². The Morgan fingerprint density at radius 3 is 1.33 bits per heavy atom. The van der Waals surface area contributed by atoms with E-state index in [0.29, 0.717) is 35.0 Å². The van der Waals surface area contributed by atoms with Gasteiger partial charge in [0.25, 0.3) is 0 Å². The standard InChI is InChI=1S/C23H33ClO5.C23H31ClO5/c2*1-14(8-7-9-15(2)13-29-22(28)23(4,5)6)10-11-17-20(26)18(12-25)16(3)19(24)21(17)27/h9-10,25-27H,7-8,11-13H2,1-6H3;9-10,12,26-27H,7-8,11,13H2,1-6H3/b2*14-10+,15-9+. The summed E-state index contributed by atoms with van der Waals surface area (Å²) in [5.41, 5.74) is 4.89. The van der Waals surface area contributed by atoms with Crippen molar-refractivity contribution in [1.82, 2.24) is 0 Å². The van der Waals surface area contributed by atoms with Crippen LogP contribution in [0.1, 0.15) is 133 Å². The first-order valence-corrected chi connectivity index (χ1v) is 20.0. The van der Waals surface area contributed by atoms with Crippen molar-refractivity contribution >= 4 is 41.4 Å². The number of aldehydes is 1. The molecule has 0 spiro atoms. The Hall–Kier alpha value is -4.25. The zero-order valence-electron chi connectivity index (χ0n) is 36.3. The molecule has 322 valence electrons. The number of ether oxygens (including phenoxy) is 2. The van der Waals surface area contributed by atoms with E-state index < -0.39 is 10.8 Å². The predicted molar refractivity (Wildman–Crippen MR) is 232 cm³/mol. The van der Waals surface area contributed by atoms with E-state index in [-0.39, 0.29) is 82.4 Å². The summed E-state index contributed by atoms with van der Waals surface area (Å²) in [6, 6.07) is 0. The van der Waals surface area contributed by atoms with Crippen LogP contribution in [0.5, 0.6) is 23.0 Å². The Morgan fingerprint density at radius 2 is 0.966 bits per heavy atom. The first-order valence-electron chi connectivity index (χ1n) is 19.3. The van der Waals surface area contributed by atoms with Crippen molar-refractivity contribution in [3.05, 3.63) is 90.0 Å². The van der Waals surface area contributed by atoms with Crippen molar-refractivity contribution in [3.8, 4) is 23.0 Å². The molecule has 0 heterocycles. The third-order valence-corrected chi connectivity index (χ3v) is 10.3. The summed E-state index contributed by atoms with van der Waals surface area (Å²) in [5.74, 6) is -1.16. The van der Waals surface area contributed by atoms with Crippen LogP contribution in [-0.2, 0) is 38.5 Å². The van der Waals surface area contributed by atoms with E-state index in [0.717, 1.165) is 48.0 Å². The van der Waals surface area contributed by atoms with E-state index in [1.165, 1.54) is 0 Å². The molecule has 0 bridgehead atoms. The zero-order chi connectivity index (χ0) is 44.7. The smallest absolute Gasteiger partial charge is 0.311 e. The molecule has 2 aromatic carbocycles. The molecular weight excluding hydrogens is 783 g/mol. The number of benzene rings is 2. The van der Waals surface area contributed by atoms with Gasteiger partial charge >= 0.3 is 11.9 Å². The van der Waals surface area contributed by atoms with Gasteiger partial charge in [-0.05, 0) is 144 Å². The van der Waals surface area contributed by atoms with Crippen LogP contribution >= 0.6 is 23.2 Å². The second kappa shape index (κ2) is 23.4. The van der Waals surface area contributed by atoms with Crippen molar-refractivity contribution in [3.63, 3.8) is 0 Å². The van der Waals surface area contributed by atoms with E-state index >= 15 is 0 Å². The molecule has 5 N–H and O–H groups in total. The maximum Gasteiger partial charge on any atom is 0.311 e. The first-order chi connectivity index (χ1) is 26.8. The van der Waals surface area contributed by atoms with Gasteiger partial charge in [0.15, 0.2) is 6.29 Å². The van der Waals surface area contributed by atoms with Gasteiger partial charge < -0.3 is 35.0 Å². The SMILES string of the molecule is C/C(=C\Cc1c(O)c(Cl)c(C)c(C=O)c1O)CC/C=C(\C)COC(=O)C(C)(C)C.C/C(=C\Cc1c(O)c(Cl)c(C)c(CO)c1O)CC/C=C(\C)COC(=O)C(C)(C)C. The number of carbonyl (C=O) groups is 3. The first kappa shape index (κ1) is 51.8. The quantitative estimate of drug-likeness (QED) is 0.0622. The van der Waals surface area contributed by atoms with Crippen LogP contribution in [0.3, 0.4) is 0 Å². The van der Waals surface area contributed by atoms with E-state index in [2.05, 4.69) is 0 Å². The van der Waals surface area contributed by atoms with Gasteiger partial charge in [0.2, 0.25) is 0 Å². The van der Waals surface area contributed by atoms with Gasteiger partial charge in [0.05, 0.1) is 33.0 Å². The zero-order valence-corrected chi connectivity index (χ0v) is 37.8. The molecule has 10 nitrogen and oxygen atoms in total. The van der Waals surface area contributed by atoms with Gasteiger partial charge in [0, 0.05) is 16.7 Å². The number of aromatic hydroxyl groups is 4. The van der Waals surface area contributed by atoms with Crippen molar-refractivity contribution in [2.45, 2.75) is 128 Å². The molecule has 12 heteroatoms. The summed E-state index contributed by atoms with van der Waals surface area (Å²) in [5, 5.41) is 50.7. The summed E-state index contributed by atoms with van der Waals surface area (Å²) < 4.78 is 10.6. The highest BCUT2D eigenvalue weighted by atomic mass is 35.5. The van der Waals surface area contributed by atoms with Gasteiger partial charge in [-0.25, -0.2) is 0 Å². The van der Waals surface area contributed by atoms with Crippen LogP contribution in [0.2, 0.25) is 10.0 Å². The summed E-state index contributed by atoms with van der Waals surface area (Å²) in [4.78, 5) is 34.8. The number of aliphatic hydroxyl groups is 1. The fraction of sp³-hybridized carbons (Fsp3) is 0.500. The summed E-state index contributed by atoms with van der Waals surface area (Å²) >= 11 is 12.2. The average molecular weight is 848 g/mol. The highest BCUT2D eigenvalue weighted by molar-refractivity contribution is 6.33. The minimum absolute atomic E-state index is 0.0781.